The van der Waals surface area contributed by atoms with Crippen molar-refractivity contribution in [1.29, 1.82) is 0 Å². The molecular formula is C16H17NO3. The molecule has 4 nitrogen and oxygen atoms in total. The van der Waals surface area contributed by atoms with E-state index in [-0.39, 0.29) is 6.61 Å². The average Bonchev–Trinajstić information content (AvgIpc) is 2.47. The van der Waals surface area contributed by atoms with Crippen LogP contribution in [0.5, 0.6) is 5.75 Å². The predicted octanol–water partition coefficient (Wildman–Crippen LogP) is 2.46. The number of rotatable bonds is 4. The van der Waals surface area contributed by atoms with Gasteiger partial charge >= 0.3 is 5.97 Å². The van der Waals surface area contributed by atoms with Crippen molar-refractivity contribution in [2.75, 3.05) is 19.0 Å². The lowest BCUT2D eigenvalue weighted by molar-refractivity contribution is 0.0735. The second-order valence-corrected chi connectivity index (χ2v) is 4.64. The van der Waals surface area contributed by atoms with Crippen LogP contribution >= 0.6 is 0 Å². The summed E-state index contributed by atoms with van der Waals surface area (Å²) in [6, 6.07) is 14.0. The summed E-state index contributed by atoms with van der Waals surface area (Å²) in [5.74, 6) is 0.0952. The van der Waals surface area contributed by atoms with Gasteiger partial charge in [-0.15, -0.1) is 0 Å². The van der Waals surface area contributed by atoms with Crippen molar-refractivity contribution in [2.24, 2.45) is 0 Å². The number of hydrogen-bond acceptors (Lipinski definition) is 4. The number of carbonyl (C=O) groups is 1. The first-order valence-electron chi connectivity index (χ1n) is 6.29. The smallest absolute Gasteiger partial charge is 0.343 e. The van der Waals surface area contributed by atoms with Crippen molar-refractivity contribution in [3.8, 4) is 5.75 Å². The van der Waals surface area contributed by atoms with Gasteiger partial charge in [-0.25, -0.2) is 4.79 Å². The monoisotopic (exact) mass is 271 g/mol. The quantitative estimate of drug-likeness (QED) is 0.685. The largest absolute Gasteiger partial charge is 0.423 e. The van der Waals surface area contributed by atoms with E-state index in [2.05, 4.69) is 0 Å². The lowest BCUT2D eigenvalue weighted by Crippen LogP contribution is -2.11. The standard InChI is InChI=1S/C16H17NO3/c1-17(2)14-4-3-5-15(10-14)20-16(19)13-8-6-12(11-18)7-9-13/h3-10,18H,11H2,1-2H3. The van der Waals surface area contributed by atoms with E-state index in [1.807, 2.05) is 31.1 Å². The normalized spacial score (nSPS) is 10.2. The number of nitrogens with zero attached hydrogens (tertiary/aromatic N) is 1. The molecule has 104 valence electrons. The van der Waals surface area contributed by atoms with Crippen LogP contribution in [-0.2, 0) is 6.61 Å². The van der Waals surface area contributed by atoms with Crippen LogP contribution in [-0.4, -0.2) is 25.2 Å². The van der Waals surface area contributed by atoms with E-state index in [0.29, 0.717) is 11.3 Å². The molecule has 0 bridgehead atoms. The summed E-state index contributed by atoms with van der Waals surface area (Å²) in [5, 5.41) is 8.96. The van der Waals surface area contributed by atoms with Crippen molar-refractivity contribution in [1.82, 2.24) is 0 Å². The Morgan fingerprint density at radius 3 is 2.45 bits per heavy atom. The topological polar surface area (TPSA) is 49.8 Å². The van der Waals surface area contributed by atoms with Gasteiger partial charge in [-0.05, 0) is 29.8 Å². The van der Waals surface area contributed by atoms with Gasteiger partial charge in [0, 0.05) is 25.8 Å². The molecule has 2 rings (SSSR count). The van der Waals surface area contributed by atoms with Crippen LogP contribution in [0.3, 0.4) is 0 Å². The average molecular weight is 271 g/mol. The number of esters is 1. The minimum Gasteiger partial charge on any atom is -0.423 e. The molecule has 4 heteroatoms. The van der Waals surface area contributed by atoms with Crippen molar-refractivity contribution >= 4 is 11.7 Å². The third-order valence-corrected chi connectivity index (χ3v) is 2.92. The summed E-state index contributed by atoms with van der Waals surface area (Å²) >= 11 is 0. The Labute approximate surface area is 118 Å². The number of ether oxygens (including phenoxy) is 1. The first kappa shape index (κ1) is 14.1. The summed E-state index contributed by atoms with van der Waals surface area (Å²) < 4.78 is 5.34. The lowest BCUT2D eigenvalue weighted by atomic mass is 10.1. The molecule has 0 spiro atoms. The molecule has 0 aliphatic heterocycles. The third kappa shape index (κ3) is 3.36. The van der Waals surface area contributed by atoms with Crippen LogP contribution in [0.4, 0.5) is 5.69 Å². The number of aliphatic hydroxyl groups is 1. The van der Waals surface area contributed by atoms with Crippen LogP contribution in [0.1, 0.15) is 15.9 Å². The molecule has 0 aliphatic rings. The molecule has 0 saturated heterocycles. The zero-order valence-corrected chi connectivity index (χ0v) is 11.5. The molecule has 0 aromatic heterocycles. The minimum atomic E-state index is -0.412. The highest BCUT2D eigenvalue weighted by molar-refractivity contribution is 5.91. The van der Waals surface area contributed by atoms with Crippen molar-refractivity contribution in [3.05, 3.63) is 59.7 Å². The summed E-state index contributed by atoms with van der Waals surface area (Å²) in [7, 11) is 3.85. The molecule has 0 amide bonds. The number of aliphatic hydroxyl groups excluding tert-OH is 1. The molecule has 0 saturated carbocycles. The minimum absolute atomic E-state index is 0.0415. The highest BCUT2D eigenvalue weighted by Gasteiger charge is 2.09. The van der Waals surface area contributed by atoms with E-state index >= 15 is 0 Å². The molecule has 2 aromatic rings. The van der Waals surface area contributed by atoms with Crippen LogP contribution in [0.15, 0.2) is 48.5 Å². The van der Waals surface area contributed by atoms with E-state index < -0.39 is 5.97 Å². The van der Waals surface area contributed by atoms with Crippen LogP contribution in [0, 0.1) is 0 Å². The zero-order chi connectivity index (χ0) is 14.5. The number of anilines is 1. The van der Waals surface area contributed by atoms with Gasteiger partial charge in [-0.2, -0.15) is 0 Å². The zero-order valence-electron chi connectivity index (χ0n) is 11.5. The molecule has 0 atom stereocenters. The fourth-order valence-corrected chi connectivity index (χ4v) is 1.74. The second-order valence-electron chi connectivity index (χ2n) is 4.64. The molecule has 0 unspecified atom stereocenters. The maximum Gasteiger partial charge on any atom is 0.343 e. The number of hydrogen-bond donors (Lipinski definition) is 1. The van der Waals surface area contributed by atoms with Gasteiger partial charge in [0.05, 0.1) is 12.2 Å². The van der Waals surface area contributed by atoms with E-state index in [1.54, 1.807) is 36.4 Å². The van der Waals surface area contributed by atoms with Crippen LogP contribution < -0.4 is 9.64 Å². The molecule has 0 aliphatic carbocycles. The summed E-state index contributed by atoms with van der Waals surface area (Å²) in [6.07, 6.45) is 0. The number of carbonyl (C=O) groups excluding carboxylic acids is 1. The first-order chi connectivity index (χ1) is 9.60. The predicted molar refractivity (Wildman–Crippen MR) is 78.1 cm³/mol. The summed E-state index contributed by atoms with van der Waals surface area (Å²) in [4.78, 5) is 13.9. The summed E-state index contributed by atoms with van der Waals surface area (Å²) in [6.45, 7) is -0.0415. The highest BCUT2D eigenvalue weighted by Crippen LogP contribution is 2.20. The first-order valence-corrected chi connectivity index (χ1v) is 6.29. The molecular weight excluding hydrogens is 254 g/mol. The van der Waals surface area contributed by atoms with Crippen molar-refractivity contribution < 1.29 is 14.6 Å². The Balaban J connectivity index is 2.12. The lowest BCUT2D eigenvalue weighted by Gasteiger charge is -2.13. The van der Waals surface area contributed by atoms with Gasteiger partial charge < -0.3 is 14.7 Å². The SMILES string of the molecule is CN(C)c1cccc(OC(=O)c2ccc(CO)cc2)c1. The van der Waals surface area contributed by atoms with Gasteiger partial charge in [0.15, 0.2) is 0 Å². The van der Waals surface area contributed by atoms with Crippen molar-refractivity contribution in [2.45, 2.75) is 6.61 Å². The maximum atomic E-state index is 12.0. The summed E-state index contributed by atoms with van der Waals surface area (Å²) in [5.41, 5.74) is 2.18. The molecule has 0 radical (unpaired) electrons. The van der Waals surface area contributed by atoms with Gasteiger partial charge in [-0.3, -0.25) is 0 Å². The Morgan fingerprint density at radius 2 is 1.85 bits per heavy atom. The van der Waals surface area contributed by atoms with E-state index in [4.69, 9.17) is 9.84 Å². The Bertz CT molecular complexity index is 591. The molecule has 20 heavy (non-hydrogen) atoms. The van der Waals surface area contributed by atoms with Gasteiger partial charge in [-0.1, -0.05) is 18.2 Å². The van der Waals surface area contributed by atoms with Crippen LogP contribution in [0.2, 0.25) is 0 Å². The fraction of sp³-hybridized carbons (Fsp3) is 0.188. The Morgan fingerprint density at radius 1 is 1.15 bits per heavy atom. The molecule has 1 N–H and O–H groups in total. The van der Waals surface area contributed by atoms with Gasteiger partial charge in [0.2, 0.25) is 0 Å². The van der Waals surface area contributed by atoms with E-state index in [1.165, 1.54) is 0 Å². The van der Waals surface area contributed by atoms with Gasteiger partial charge in [0.1, 0.15) is 5.75 Å². The number of benzene rings is 2. The fourth-order valence-electron chi connectivity index (χ4n) is 1.74. The molecule has 0 heterocycles. The highest BCUT2D eigenvalue weighted by atomic mass is 16.5. The van der Waals surface area contributed by atoms with E-state index in [9.17, 15) is 4.79 Å². The van der Waals surface area contributed by atoms with Crippen molar-refractivity contribution in [3.63, 3.8) is 0 Å². The third-order valence-electron chi connectivity index (χ3n) is 2.92. The van der Waals surface area contributed by atoms with Gasteiger partial charge in [0.25, 0.3) is 0 Å². The maximum absolute atomic E-state index is 12.0. The Hall–Kier alpha value is -2.33. The molecule has 0 fully saturated rings. The van der Waals surface area contributed by atoms with E-state index in [0.717, 1.165) is 11.3 Å². The second kappa shape index (κ2) is 6.21. The molecule has 2 aromatic carbocycles. The van der Waals surface area contributed by atoms with Crippen LogP contribution in [0.25, 0.3) is 0 Å². The Kier molecular flexibility index (Phi) is 4.38.